The second-order valence-electron chi connectivity index (χ2n) is 18.5. The van der Waals surface area contributed by atoms with Gasteiger partial charge in [0.15, 0.2) is 0 Å². The summed E-state index contributed by atoms with van der Waals surface area (Å²) >= 11 is 1.74. The molecule has 2 saturated carbocycles. The Morgan fingerprint density at radius 3 is 1.15 bits per heavy atom. The van der Waals surface area contributed by atoms with Crippen molar-refractivity contribution in [3.63, 3.8) is 0 Å². The molecule has 0 spiro atoms. The fourth-order valence-electron chi connectivity index (χ4n) is 10.3. The predicted molar refractivity (Wildman–Crippen MR) is 252 cm³/mol. The molecule has 8 aromatic rings. The summed E-state index contributed by atoms with van der Waals surface area (Å²) < 4.78 is 0. The minimum absolute atomic E-state index is 0. The zero-order valence-electron chi connectivity index (χ0n) is 36.1. The summed E-state index contributed by atoms with van der Waals surface area (Å²) in [5, 5.41) is 10.9. The van der Waals surface area contributed by atoms with Gasteiger partial charge in [-0.3, -0.25) is 0 Å². The fraction of sp³-hybridized carbons (Fsp3) is 0.321. The van der Waals surface area contributed by atoms with Crippen molar-refractivity contribution in [1.82, 2.24) is 0 Å². The van der Waals surface area contributed by atoms with E-state index in [4.69, 9.17) is 0 Å². The molecule has 0 nitrogen and oxygen atoms in total. The minimum atomic E-state index is 0. The third kappa shape index (κ3) is 10.8. The molecule has 0 atom stereocenters. The minimum Gasteiger partial charge on any atom is -1.00 e. The van der Waals surface area contributed by atoms with Gasteiger partial charge in [-0.15, -0.1) is 69.1 Å². The summed E-state index contributed by atoms with van der Waals surface area (Å²) in [5.74, 6) is 0. The van der Waals surface area contributed by atoms with Crippen LogP contribution < -0.4 is 24.8 Å². The van der Waals surface area contributed by atoms with Crippen LogP contribution in [0.5, 0.6) is 0 Å². The van der Waals surface area contributed by atoms with E-state index in [1.54, 1.807) is 23.3 Å². The number of rotatable bonds is 6. The largest absolute Gasteiger partial charge is 1.00 e. The van der Waals surface area contributed by atoms with Gasteiger partial charge in [-0.25, -0.2) is 0 Å². The average Bonchev–Trinajstić information content (AvgIpc) is 3.83. The van der Waals surface area contributed by atoms with E-state index in [0.29, 0.717) is 10.8 Å². The summed E-state index contributed by atoms with van der Waals surface area (Å²) in [4.78, 5) is 0. The Balaban J connectivity index is 0.000000179. The number of hydrogen-bond acceptors (Lipinski definition) is 0. The molecule has 0 N–H and O–H groups in total. The maximum absolute atomic E-state index is 2.50. The van der Waals surface area contributed by atoms with Gasteiger partial charge >= 0.3 is 41.9 Å². The van der Waals surface area contributed by atoms with Gasteiger partial charge in [-0.2, -0.15) is 12.1 Å². The second kappa shape index (κ2) is 20.7. The van der Waals surface area contributed by atoms with E-state index < -0.39 is 0 Å². The van der Waals surface area contributed by atoms with E-state index in [-0.39, 0.29) is 30.2 Å². The number of halogens is 2. The molecule has 0 saturated heterocycles. The van der Waals surface area contributed by atoms with Gasteiger partial charge in [0, 0.05) is 0 Å². The van der Waals surface area contributed by atoms with Crippen molar-refractivity contribution in [2.24, 2.45) is 10.8 Å². The van der Waals surface area contributed by atoms with Crippen molar-refractivity contribution in [2.75, 3.05) is 0 Å². The van der Waals surface area contributed by atoms with Crippen molar-refractivity contribution >= 4 is 48.5 Å². The number of hydrogen-bond donors (Lipinski definition) is 0. The van der Waals surface area contributed by atoms with Crippen LogP contribution in [-0.4, -0.2) is 5.43 Å². The molecule has 0 bridgehead atoms. The van der Waals surface area contributed by atoms with E-state index in [1.165, 1.54) is 154 Å². The van der Waals surface area contributed by atoms with Gasteiger partial charge in [0.25, 0.3) is 0 Å². The van der Waals surface area contributed by atoms with E-state index in [9.17, 15) is 0 Å². The Morgan fingerprint density at radius 1 is 0.450 bits per heavy atom. The summed E-state index contributed by atoms with van der Waals surface area (Å²) in [7, 11) is 0. The fourth-order valence-corrected chi connectivity index (χ4v) is 10.3. The third-order valence-electron chi connectivity index (χ3n) is 13.2. The Kier molecular flexibility index (Phi) is 16.0. The standard InChI is InChI=1S/2C27H27.C2H6Si.2ClH.Zr/c2*1-27(15-5-2-6-16-27)19-20-17-22-11-8-14-25(26(22)18-20)24-13-7-10-21-9-3-4-12-23(21)24;1-3-2;;;/h2*3-4,7-14,17-18H,2,5-6,15-16,19H2,1H3;1-2H3;2*1H;/q2*-1;;;;+2/p-2. The number of fused-ring (bicyclic) bond motifs is 4. The molecule has 10 rings (SSSR count). The molecule has 8 aromatic carbocycles. The molecular formula is C56H60Cl2SiZr-2. The first-order valence-electron chi connectivity index (χ1n) is 22.0. The van der Waals surface area contributed by atoms with Crippen molar-refractivity contribution < 1.29 is 48.1 Å². The van der Waals surface area contributed by atoms with Gasteiger partial charge in [0.2, 0.25) is 0 Å². The van der Waals surface area contributed by atoms with Gasteiger partial charge < -0.3 is 24.8 Å². The quantitative estimate of drug-likeness (QED) is 0.115. The van der Waals surface area contributed by atoms with Crippen LogP contribution in [0.15, 0.2) is 146 Å². The molecule has 0 unspecified atom stereocenters. The molecule has 0 heterocycles. The molecule has 0 aliphatic heterocycles. The Labute approximate surface area is 387 Å². The van der Waals surface area contributed by atoms with Crippen molar-refractivity contribution in [3.8, 4) is 22.3 Å². The summed E-state index contributed by atoms with van der Waals surface area (Å²) in [6, 6.07) is 54.1. The van der Waals surface area contributed by atoms with Gasteiger partial charge in [0.05, 0.1) is 0 Å². The van der Waals surface area contributed by atoms with Crippen LogP contribution in [0, 0.1) is 10.8 Å². The molecule has 60 heavy (non-hydrogen) atoms. The van der Waals surface area contributed by atoms with Crippen LogP contribution in [0.1, 0.15) is 89.2 Å². The normalized spacial score (nSPS) is 15.6. The van der Waals surface area contributed by atoms with Gasteiger partial charge in [-0.05, 0) is 82.0 Å². The summed E-state index contributed by atoms with van der Waals surface area (Å²) in [5.41, 5.74) is 9.64. The Morgan fingerprint density at radius 2 is 0.767 bits per heavy atom. The van der Waals surface area contributed by atoms with Crippen LogP contribution in [0.2, 0.25) is 13.1 Å². The van der Waals surface area contributed by atoms with E-state index >= 15 is 0 Å². The van der Waals surface area contributed by atoms with Crippen LogP contribution >= 0.6 is 0 Å². The Hall–Kier alpha value is -3.26. The molecule has 4 heteroatoms. The molecule has 2 aliphatic rings. The summed E-state index contributed by atoms with van der Waals surface area (Å²) in [6.45, 7) is 9.61. The second-order valence-corrected chi connectivity index (χ2v) is 27.9. The first kappa shape index (κ1) is 46.2. The molecule has 2 aliphatic carbocycles. The van der Waals surface area contributed by atoms with Gasteiger partial charge in [0.1, 0.15) is 0 Å². The van der Waals surface area contributed by atoms with Crippen LogP contribution in [-0.2, 0) is 36.2 Å². The van der Waals surface area contributed by atoms with Crippen molar-refractivity contribution in [2.45, 2.75) is 104 Å². The monoisotopic (exact) mass is 920 g/mol. The summed E-state index contributed by atoms with van der Waals surface area (Å²) in [6.07, 6.45) is 16.4. The SMILES string of the molecule is CC1(Cc2cc3c(-c4cccc5ccccc45)cccc3[cH-]2)CCCCC1.CC1(Cc2cc3c(-c4cccc5ccccc45)cccc3[cH-]2)CCCCC1.C[Si](C)=[Zr+2].[Cl-].[Cl-]. The van der Waals surface area contributed by atoms with Crippen molar-refractivity contribution in [1.29, 1.82) is 0 Å². The number of benzene rings is 6. The zero-order chi connectivity index (χ0) is 40.1. The predicted octanol–water partition coefficient (Wildman–Crippen LogP) is 10.6. The van der Waals surface area contributed by atoms with E-state index in [1.807, 2.05) is 0 Å². The smallest absolute Gasteiger partial charge is 1.00 e. The van der Waals surface area contributed by atoms with Crippen LogP contribution in [0.25, 0.3) is 65.3 Å². The maximum Gasteiger partial charge on any atom is -1.00 e. The molecule has 308 valence electrons. The molecular weight excluding hydrogens is 863 g/mol. The topological polar surface area (TPSA) is 0 Å². The van der Waals surface area contributed by atoms with Gasteiger partial charge in [-0.1, -0.05) is 161 Å². The maximum atomic E-state index is 2.50. The first-order valence-corrected chi connectivity index (χ1v) is 28.2. The zero-order valence-corrected chi connectivity index (χ0v) is 41.1. The average molecular weight is 923 g/mol. The molecule has 2 fully saturated rings. The molecule has 0 amide bonds. The van der Waals surface area contributed by atoms with Crippen LogP contribution in [0.4, 0.5) is 0 Å². The molecule has 0 aromatic heterocycles. The molecule has 0 radical (unpaired) electrons. The van der Waals surface area contributed by atoms with Crippen molar-refractivity contribution in [3.05, 3.63) is 157 Å². The van der Waals surface area contributed by atoms with E-state index in [0.717, 1.165) is 0 Å². The third-order valence-corrected chi connectivity index (χ3v) is 13.2. The van der Waals surface area contributed by atoms with E-state index in [2.05, 4.69) is 173 Å². The first-order chi connectivity index (χ1) is 28.2. The van der Waals surface area contributed by atoms with Crippen LogP contribution in [0.3, 0.4) is 0 Å². The Bertz CT molecular complexity index is 2470.